The fourth-order valence-electron chi connectivity index (χ4n) is 2.02. The highest BCUT2D eigenvalue weighted by molar-refractivity contribution is 9.10. The lowest BCUT2D eigenvalue weighted by atomic mass is 10.0. The topological polar surface area (TPSA) is 20.2 Å². The number of aliphatic hydroxyl groups excluding tert-OH is 1. The summed E-state index contributed by atoms with van der Waals surface area (Å²) in [6.45, 7) is 2.23. The Hall–Kier alpha value is -0.340. The molecular formula is C15H23BrO. The van der Waals surface area contributed by atoms with E-state index in [2.05, 4.69) is 22.9 Å². The number of aliphatic hydroxyl groups is 1. The van der Waals surface area contributed by atoms with Crippen LogP contribution in [0.3, 0.4) is 0 Å². The molecule has 1 aromatic carbocycles. The van der Waals surface area contributed by atoms with Crippen LogP contribution in [0.5, 0.6) is 0 Å². The maximum absolute atomic E-state index is 10.1. The van der Waals surface area contributed by atoms with E-state index in [4.69, 9.17) is 0 Å². The monoisotopic (exact) mass is 298 g/mol. The second-order valence-electron chi connectivity index (χ2n) is 4.59. The standard InChI is InChI=1S/C15H23BrO/c1-2-3-4-5-6-7-12-15(17)13-10-8-9-11-14(13)16/h8-11,15,17H,2-7,12H2,1H3. The van der Waals surface area contributed by atoms with Crippen molar-refractivity contribution in [3.05, 3.63) is 34.3 Å². The van der Waals surface area contributed by atoms with Gasteiger partial charge in [-0.15, -0.1) is 0 Å². The number of rotatable bonds is 8. The molecule has 0 aliphatic heterocycles. The summed E-state index contributed by atoms with van der Waals surface area (Å²) >= 11 is 3.48. The van der Waals surface area contributed by atoms with E-state index in [1.807, 2.05) is 24.3 Å². The van der Waals surface area contributed by atoms with E-state index >= 15 is 0 Å². The van der Waals surface area contributed by atoms with E-state index in [1.54, 1.807) is 0 Å². The molecule has 0 spiro atoms. The van der Waals surface area contributed by atoms with Crippen LogP contribution in [-0.4, -0.2) is 5.11 Å². The molecule has 0 saturated heterocycles. The third-order valence-electron chi connectivity index (χ3n) is 3.10. The summed E-state index contributed by atoms with van der Waals surface area (Å²) in [6.07, 6.45) is 8.17. The number of benzene rings is 1. The number of hydrogen-bond acceptors (Lipinski definition) is 1. The molecule has 96 valence electrons. The first kappa shape index (κ1) is 14.7. The lowest BCUT2D eigenvalue weighted by Gasteiger charge is -2.12. The minimum atomic E-state index is -0.322. The minimum absolute atomic E-state index is 0.322. The molecule has 1 atom stereocenters. The Bertz CT molecular complexity index is 312. The van der Waals surface area contributed by atoms with Crippen molar-refractivity contribution in [3.8, 4) is 0 Å². The molecule has 1 unspecified atom stereocenters. The van der Waals surface area contributed by atoms with Crippen LogP contribution in [0.15, 0.2) is 28.7 Å². The van der Waals surface area contributed by atoms with Crippen molar-refractivity contribution in [2.45, 2.75) is 58.0 Å². The molecule has 0 heterocycles. The average Bonchev–Trinajstić information content (AvgIpc) is 2.34. The third-order valence-corrected chi connectivity index (χ3v) is 3.82. The molecule has 0 aromatic heterocycles. The van der Waals surface area contributed by atoms with Gasteiger partial charge in [-0.3, -0.25) is 0 Å². The second-order valence-corrected chi connectivity index (χ2v) is 5.45. The predicted octanol–water partition coefficient (Wildman–Crippen LogP) is 5.23. The smallest absolute Gasteiger partial charge is 0.0800 e. The zero-order valence-corrected chi connectivity index (χ0v) is 12.2. The van der Waals surface area contributed by atoms with Gasteiger partial charge >= 0.3 is 0 Å². The fourth-order valence-corrected chi connectivity index (χ4v) is 2.57. The molecule has 1 aromatic rings. The lowest BCUT2D eigenvalue weighted by Crippen LogP contribution is -1.98. The zero-order chi connectivity index (χ0) is 12.5. The van der Waals surface area contributed by atoms with E-state index in [0.29, 0.717) is 0 Å². The Morgan fingerprint density at radius 1 is 1.06 bits per heavy atom. The Balaban J connectivity index is 2.21. The van der Waals surface area contributed by atoms with E-state index in [9.17, 15) is 5.11 Å². The van der Waals surface area contributed by atoms with Crippen molar-refractivity contribution in [1.82, 2.24) is 0 Å². The van der Waals surface area contributed by atoms with Crippen molar-refractivity contribution >= 4 is 15.9 Å². The first-order valence-electron chi connectivity index (χ1n) is 6.68. The summed E-state index contributed by atoms with van der Waals surface area (Å²) in [6, 6.07) is 7.93. The Morgan fingerprint density at radius 2 is 1.71 bits per heavy atom. The van der Waals surface area contributed by atoms with Crippen LogP contribution in [0.4, 0.5) is 0 Å². The van der Waals surface area contributed by atoms with Crippen molar-refractivity contribution in [2.24, 2.45) is 0 Å². The molecular weight excluding hydrogens is 276 g/mol. The molecule has 0 saturated carbocycles. The van der Waals surface area contributed by atoms with E-state index in [0.717, 1.165) is 22.9 Å². The number of unbranched alkanes of at least 4 members (excludes halogenated alkanes) is 5. The Morgan fingerprint density at radius 3 is 2.41 bits per heavy atom. The summed E-state index contributed by atoms with van der Waals surface area (Å²) in [5.74, 6) is 0. The van der Waals surface area contributed by atoms with Crippen LogP contribution in [0.1, 0.15) is 63.5 Å². The molecule has 0 fully saturated rings. The van der Waals surface area contributed by atoms with Crippen LogP contribution in [0, 0.1) is 0 Å². The molecule has 1 N–H and O–H groups in total. The van der Waals surface area contributed by atoms with Crippen LogP contribution in [-0.2, 0) is 0 Å². The summed E-state index contributed by atoms with van der Waals surface area (Å²) in [4.78, 5) is 0. The first-order valence-corrected chi connectivity index (χ1v) is 7.47. The highest BCUT2D eigenvalue weighted by atomic mass is 79.9. The molecule has 1 rings (SSSR count). The Labute approximate surface area is 113 Å². The van der Waals surface area contributed by atoms with E-state index < -0.39 is 0 Å². The largest absolute Gasteiger partial charge is 0.388 e. The van der Waals surface area contributed by atoms with Gasteiger partial charge < -0.3 is 5.11 Å². The summed E-state index contributed by atoms with van der Waals surface area (Å²) in [5.41, 5.74) is 1.01. The lowest BCUT2D eigenvalue weighted by molar-refractivity contribution is 0.162. The molecule has 2 heteroatoms. The summed E-state index contributed by atoms with van der Waals surface area (Å²) < 4.78 is 1.01. The van der Waals surface area contributed by atoms with E-state index in [-0.39, 0.29) is 6.10 Å². The van der Waals surface area contributed by atoms with Gasteiger partial charge in [-0.05, 0) is 18.1 Å². The van der Waals surface area contributed by atoms with Crippen LogP contribution in [0.25, 0.3) is 0 Å². The molecule has 1 nitrogen and oxygen atoms in total. The number of hydrogen-bond donors (Lipinski definition) is 1. The van der Waals surface area contributed by atoms with Gasteiger partial charge in [0, 0.05) is 4.47 Å². The van der Waals surface area contributed by atoms with Gasteiger partial charge in [0.1, 0.15) is 0 Å². The first-order chi connectivity index (χ1) is 8.25. The normalized spacial score (nSPS) is 12.6. The Kier molecular flexibility index (Phi) is 7.54. The van der Waals surface area contributed by atoms with Gasteiger partial charge in [0.05, 0.1) is 6.10 Å². The second kappa shape index (κ2) is 8.71. The van der Waals surface area contributed by atoms with Crippen molar-refractivity contribution in [3.63, 3.8) is 0 Å². The van der Waals surface area contributed by atoms with Gasteiger partial charge in [-0.2, -0.15) is 0 Å². The molecule has 0 radical (unpaired) electrons. The van der Waals surface area contributed by atoms with Gasteiger partial charge in [0.2, 0.25) is 0 Å². The maximum Gasteiger partial charge on any atom is 0.0800 e. The summed E-state index contributed by atoms with van der Waals surface area (Å²) in [5, 5.41) is 10.1. The molecule has 17 heavy (non-hydrogen) atoms. The molecule has 0 aliphatic carbocycles. The predicted molar refractivity (Wildman–Crippen MR) is 77.1 cm³/mol. The quantitative estimate of drug-likeness (QED) is 0.651. The summed E-state index contributed by atoms with van der Waals surface area (Å²) in [7, 11) is 0. The van der Waals surface area contributed by atoms with Crippen LogP contribution in [0.2, 0.25) is 0 Å². The van der Waals surface area contributed by atoms with Crippen LogP contribution < -0.4 is 0 Å². The SMILES string of the molecule is CCCCCCCCC(O)c1ccccc1Br. The van der Waals surface area contributed by atoms with Gasteiger partial charge in [0.25, 0.3) is 0 Å². The van der Waals surface area contributed by atoms with Crippen molar-refractivity contribution < 1.29 is 5.11 Å². The van der Waals surface area contributed by atoms with Crippen molar-refractivity contribution in [1.29, 1.82) is 0 Å². The molecule has 0 amide bonds. The number of halogens is 1. The fraction of sp³-hybridized carbons (Fsp3) is 0.600. The molecule has 0 aliphatic rings. The minimum Gasteiger partial charge on any atom is -0.388 e. The van der Waals surface area contributed by atoms with Gasteiger partial charge in [0.15, 0.2) is 0 Å². The van der Waals surface area contributed by atoms with Gasteiger partial charge in [-0.25, -0.2) is 0 Å². The highest BCUT2D eigenvalue weighted by Crippen LogP contribution is 2.26. The average molecular weight is 299 g/mol. The molecule has 0 bridgehead atoms. The maximum atomic E-state index is 10.1. The van der Waals surface area contributed by atoms with Crippen LogP contribution >= 0.6 is 15.9 Å². The zero-order valence-electron chi connectivity index (χ0n) is 10.7. The van der Waals surface area contributed by atoms with Gasteiger partial charge in [-0.1, -0.05) is 79.6 Å². The third kappa shape index (κ3) is 5.69. The highest BCUT2D eigenvalue weighted by Gasteiger charge is 2.09. The van der Waals surface area contributed by atoms with E-state index in [1.165, 1.54) is 32.1 Å². The van der Waals surface area contributed by atoms with Crippen molar-refractivity contribution in [2.75, 3.05) is 0 Å².